The van der Waals surface area contributed by atoms with Crippen molar-refractivity contribution in [1.82, 2.24) is 10.2 Å². The molecule has 1 aliphatic rings. The zero-order valence-corrected chi connectivity index (χ0v) is 24.8. The van der Waals surface area contributed by atoms with E-state index >= 15 is 0 Å². The lowest BCUT2D eigenvalue weighted by atomic mass is 9.94. The lowest BCUT2D eigenvalue weighted by Crippen LogP contribution is -2.53. The largest absolute Gasteiger partial charge is 0.352 e. The number of thioether (sulfide) groups is 1. The normalized spacial score (nSPS) is 14.5. The summed E-state index contributed by atoms with van der Waals surface area (Å²) in [7, 11) is 0. The molecule has 0 aliphatic heterocycles. The summed E-state index contributed by atoms with van der Waals surface area (Å²) >= 11 is 20.2. The van der Waals surface area contributed by atoms with E-state index in [2.05, 4.69) is 5.32 Å². The van der Waals surface area contributed by atoms with Crippen LogP contribution in [-0.2, 0) is 28.3 Å². The second-order valence-electron chi connectivity index (χ2n) is 9.93. The van der Waals surface area contributed by atoms with Crippen molar-refractivity contribution in [2.45, 2.75) is 62.9 Å². The van der Waals surface area contributed by atoms with Gasteiger partial charge in [-0.25, -0.2) is 0 Å². The summed E-state index contributed by atoms with van der Waals surface area (Å²) in [6.45, 7) is 0.214. The third-order valence-electron chi connectivity index (χ3n) is 6.99. The van der Waals surface area contributed by atoms with Gasteiger partial charge in [0.15, 0.2) is 0 Å². The molecule has 4 rings (SSSR count). The number of nitrogens with zero attached hydrogens (tertiary/aromatic N) is 1. The molecular weight excluding hydrogens is 571 g/mol. The van der Waals surface area contributed by atoms with E-state index in [0.29, 0.717) is 27.2 Å². The minimum Gasteiger partial charge on any atom is -0.352 e. The van der Waals surface area contributed by atoms with Gasteiger partial charge in [0.2, 0.25) is 11.8 Å². The second kappa shape index (κ2) is 15.0. The summed E-state index contributed by atoms with van der Waals surface area (Å²) in [6.07, 6.45) is 5.77. The molecule has 39 heavy (non-hydrogen) atoms. The van der Waals surface area contributed by atoms with Crippen molar-refractivity contribution in [2.24, 2.45) is 0 Å². The van der Waals surface area contributed by atoms with Crippen molar-refractivity contribution in [3.63, 3.8) is 0 Å². The number of benzene rings is 3. The van der Waals surface area contributed by atoms with Gasteiger partial charge in [-0.15, -0.1) is 11.8 Å². The fraction of sp³-hybridized carbons (Fsp3) is 0.355. The molecule has 1 saturated carbocycles. The molecule has 0 aromatic heterocycles. The molecule has 2 amide bonds. The lowest BCUT2D eigenvalue weighted by molar-refractivity contribution is -0.139. The summed E-state index contributed by atoms with van der Waals surface area (Å²) in [5, 5.41) is 4.94. The van der Waals surface area contributed by atoms with Crippen molar-refractivity contribution in [2.75, 3.05) is 5.75 Å². The smallest absolute Gasteiger partial charge is 0.243 e. The monoisotopic (exact) mass is 602 g/mol. The van der Waals surface area contributed by atoms with Gasteiger partial charge in [-0.3, -0.25) is 9.59 Å². The van der Waals surface area contributed by atoms with Crippen LogP contribution in [0.3, 0.4) is 0 Å². The quantitative estimate of drug-likeness (QED) is 0.242. The first kappa shape index (κ1) is 29.8. The summed E-state index contributed by atoms with van der Waals surface area (Å²) < 4.78 is 0. The van der Waals surface area contributed by atoms with Crippen molar-refractivity contribution >= 4 is 58.4 Å². The summed E-state index contributed by atoms with van der Waals surface area (Å²) in [5.41, 5.74) is 2.83. The molecule has 1 atom stereocenters. The van der Waals surface area contributed by atoms with E-state index in [4.69, 9.17) is 34.8 Å². The van der Waals surface area contributed by atoms with Crippen LogP contribution < -0.4 is 5.32 Å². The molecule has 0 radical (unpaired) electrons. The number of carbonyl (C=O) groups is 2. The van der Waals surface area contributed by atoms with Crippen molar-refractivity contribution < 1.29 is 9.59 Å². The summed E-state index contributed by atoms with van der Waals surface area (Å²) in [6, 6.07) is 22.2. The predicted molar refractivity (Wildman–Crippen MR) is 164 cm³/mol. The topological polar surface area (TPSA) is 49.4 Å². The van der Waals surface area contributed by atoms with Crippen molar-refractivity contribution in [1.29, 1.82) is 0 Å². The van der Waals surface area contributed by atoms with Crippen LogP contribution in [0.25, 0.3) is 0 Å². The number of hydrogen-bond donors (Lipinski definition) is 1. The Balaban J connectivity index is 1.58. The van der Waals surface area contributed by atoms with E-state index in [0.717, 1.165) is 42.4 Å². The highest BCUT2D eigenvalue weighted by molar-refractivity contribution is 7.99. The summed E-state index contributed by atoms with van der Waals surface area (Å²) in [4.78, 5) is 29.4. The van der Waals surface area contributed by atoms with Gasteiger partial charge in [0, 0.05) is 39.8 Å². The third-order valence-corrected chi connectivity index (χ3v) is 8.81. The molecule has 0 saturated heterocycles. The highest BCUT2D eigenvalue weighted by Crippen LogP contribution is 2.26. The molecule has 1 fully saturated rings. The fourth-order valence-corrected chi connectivity index (χ4v) is 6.32. The van der Waals surface area contributed by atoms with Gasteiger partial charge >= 0.3 is 0 Å². The van der Waals surface area contributed by atoms with Crippen LogP contribution in [-0.4, -0.2) is 34.6 Å². The van der Waals surface area contributed by atoms with Crippen molar-refractivity contribution in [3.05, 3.63) is 105 Å². The Hall–Kier alpha value is -2.18. The van der Waals surface area contributed by atoms with E-state index in [9.17, 15) is 9.59 Å². The van der Waals surface area contributed by atoms with E-state index in [1.54, 1.807) is 17.0 Å². The van der Waals surface area contributed by atoms with Gasteiger partial charge in [0.1, 0.15) is 6.04 Å². The number of rotatable bonds is 11. The fourth-order valence-electron chi connectivity index (χ4n) is 4.85. The highest BCUT2D eigenvalue weighted by Gasteiger charge is 2.32. The van der Waals surface area contributed by atoms with E-state index in [1.165, 1.54) is 18.2 Å². The van der Waals surface area contributed by atoms with Crippen LogP contribution in [0.1, 0.15) is 48.8 Å². The Labute approximate surface area is 250 Å². The van der Waals surface area contributed by atoms with Gasteiger partial charge < -0.3 is 10.2 Å². The van der Waals surface area contributed by atoms with Gasteiger partial charge in [-0.2, -0.15) is 0 Å². The van der Waals surface area contributed by atoms with Crippen LogP contribution in [0.4, 0.5) is 0 Å². The number of halogens is 3. The molecule has 0 heterocycles. The molecule has 3 aromatic carbocycles. The minimum absolute atomic E-state index is 0.111. The maximum Gasteiger partial charge on any atom is 0.243 e. The number of hydrogen-bond acceptors (Lipinski definition) is 3. The number of nitrogens with one attached hydrogen (secondary N) is 1. The van der Waals surface area contributed by atoms with Gasteiger partial charge in [0.25, 0.3) is 0 Å². The first-order valence-corrected chi connectivity index (χ1v) is 15.6. The number of carbonyl (C=O) groups excluding carboxylic acids is 2. The minimum atomic E-state index is -0.676. The molecule has 8 heteroatoms. The predicted octanol–water partition coefficient (Wildman–Crippen LogP) is 7.97. The molecule has 4 nitrogen and oxygen atoms in total. The maximum atomic E-state index is 13.8. The first-order chi connectivity index (χ1) is 18.9. The SMILES string of the molecule is O=C(NC1CCCCC1)[C@H](Cc1ccccc1)N(Cc1ccc(Cl)cc1Cl)C(=O)CSCc1ccc(Cl)cc1. The molecule has 1 N–H and O–H groups in total. The standard InChI is InChI=1S/C31H33Cl3N2O2S/c32-25-14-11-23(12-15-25)20-39-21-30(37)36(19-24-13-16-26(33)18-28(24)34)29(17-22-7-3-1-4-8-22)31(38)35-27-9-5-2-6-10-27/h1,3-4,7-8,11-16,18,27,29H,2,5-6,9-10,17,19-21H2,(H,35,38)/t29-/m0/s1. The average molecular weight is 604 g/mol. The zero-order valence-electron chi connectivity index (χ0n) is 21.8. The Morgan fingerprint density at radius 1 is 0.872 bits per heavy atom. The van der Waals surface area contributed by atoms with Crippen LogP contribution in [0, 0.1) is 0 Å². The van der Waals surface area contributed by atoms with Crippen LogP contribution in [0.2, 0.25) is 15.1 Å². The molecular formula is C31H33Cl3N2O2S. The molecule has 206 valence electrons. The van der Waals surface area contributed by atoms with Crippen LogP contribution in [0.5, 0.6) is 0 Å². The van der Waals surface area contributed by atoms with Gasteiger partial charge in [0.05, 0.1) is 5.75 Å². The van der Waals surface area contributed by atoms with Gasteiger partial charge in [-0.05, 0) is 53.8 Å². The Kier molecular flexibility index (Phi) is 11.5. The molecule has 0 bridgehead atoms. The van der Waals surface area contributed by atoms with Crippen LogP contribution in [0.15, 0.2) is 72.8 Å². The van der Waals surface area contributed by atoms with Crippen molar-refractivity contribution in [3.8, 4) is 0 Å². The zero-order chi connectivity index (χ0) is 27.6. The maximum absolute atomic E-state index is 13.8. The molecule has 3 aromatic rings. The molecule has 1 aliphatic carbocycles. The van der Waals surface area contributed by atoms with Crippen LogP contribution >= 0.6 is 46.6 Å². The van der Waals surface area contributed by atoms with E-state index in [-0.39, 0.29) is 30.2 Å². The highest BCUT2D eigenvalue weighted by atomic mass is 35.5. The molecule has 0 unspecified atom stereocenters. The van der Waals surface area contributed by atoms with E-state index < -0.39 is 6.04 Å². The number of amides is 2. The third kappa shape index (κ3) is 9.18. The lowest BCUT2D eigenvalue weighted by Gasteiger charge is -2.33. The van der Waals surface area contributed by atoms with E-state index in [1.807, 2.05) is 60.7 Å². The Morgan fingerprint density at radius 2 is 1.56 bits per heavy atom. The first-order valence-electron chi connectivity index (χ1n) is 13.3. The average Bonchev–Trinajstić information content (AvgIpc) is 2.94. The Morgan fingerprint density at radius 3 is 2.26 bits per heavy atom. The summed E-state index contributed by atoms with van der Waals surface area (Å²) in [5.74, 6) is 0.665. The Bertz CT molecular complexity index is 1230. The molecule has 0 spiro atoms. The second-order valence-corrected chi connectivity index (χ2v) is 12.2. The van der Waals surface area contributed by atoms with Gasteiger partial charge in [-0.1, -0.05) is 103 Å².